The van der Waals surface area contributed by atoms with Gasteiger partial charge < -0.3 is 114 Å². The molecule has 0 radical (unpaired) electrons. The zero-order valence-electron chi connectivity index (χ0n) is 89.1. The maximum atomic E-state index is 12.5. The molecule has 0 aromatic heterocycles. The number of unbranched alkanes of at least 4 members (excludes halogenated alkanes) is 12. The Kier molecular flexibility index (Phi) is 79.4. The largest absolute Gasteiger partial charge is 0.494 e. The Morgan fingerprint density at radius 1 is 0.203 bits per heavy atom. The van der Waals surface area contributed by atoms with Crippen molar-refractivity contribution < 1.29 is 152 Å². The van der Waals surface area contributed by atoms with Crippen molar-refractivity contribution in [3.8, 4) is 46.0 Å². The van der Waals surface area contributed by atoms with Crippen LogP contribution in [0.25, 0.3) is 0 Å². The Balaban J connectivity index is 0.000000511. The lowest BCUT2D eigenvalue weighted by atomic mass is 10.1. The van der Waals surface area contributed by atoms with Gasteiger partial charge >= 0.3 is 47.8 Å². The summed E-state index contributed by atoms with van der Waals surface area (Å²) in [6, 6.07) is 52.6. The SMILES string of the molecule is C=C(C)C(=O)OCCCCC(=O)OC(COCCCCOCC)COc1ccccc1.C=C(C)C(=O)OCCCCC(=O)OC(COCCCCOCCOc1cccc(OCC)c1)COc1ccccc1.C=C(C)C(=O)OCCCCCCC(=O)OC(COCCCCOCC)COc1ccccc1.C=C(C)C(=O)OCCCCCCC(=O)OC(COCCCCOCCOc1cccc(OCC)c1)COc1ccccc1. The number of hydrogen-bond acceptors (Lipinski definition) is 32. The molecule has 0 bridgehead atoms. The van der Waals surface area contributed by atoms with Gasteiger partial charge in [-0.3, -0.25) is 19.2 Å². The van der Waals surface area contributed by atoms with Gasteiger partial charge in [0.25, 0.3) is 0 Å². The van der Waals surface area contributed by atoms with Crippen molar-refractivity contribution in [1.82, 2.24) is 0 Å². The van der Waals surface area contributed by atoms with Crippen molar-refractivity contribution in [1.29, 1.82) is 0 Å². The summed E-state index contributed by atoms with van der Waals surface area (Å²) in [5, 5.41) is 0. The van der Waals surface area contributed by atoms with Gasteiger partial charge in [0.2, 0.25) is 0 Å². The van der Waals surface area contributed by atoms with Gasteiger partial charge in [-0.05, 0) is 231 Å². The molecule has 32 nitrogen and oxygen atoms in total. The average Bonchev–Trinajstić information content (AvgIpc) is 0.908. The van der Waals surface area contributed by atoms with Crippen LogP contribution in [-0.2, 0) is 114 Å². The van der Waals surface area contributed by atoms with E-state index < -0.39 is 36.4 Å². The first-order valence-electron chi connectivity index (χ1n) is 52.1. The molecule has 0 amide bonds. The van der Waals surface area contributed by atoms with E-state index in [-0.39, 0.29) is 108 Å². The summed E-state index contributed by atoms with van der Waals surface area (Å²) in [5.41, 5.74) is 1.50. The van der Waals surface area contributed by atoms with Crippen LogP contribution >= 0.6 is 0 Å². The summed E-state index contributed by atoms with van der Waals surface area (Å²) in [4.78, 5) is 94.8. The molecule has 32 heteroatoms. The van der Waals surface area contributed by atoms with Gasteiger partial charge in [0.15, 0.2) is 24.4 Å². The van der Waals surface area contributed by atoms with E-state index >= 15 is 0 Å². The first-order chi connectivity index (χ1) is 72.0. The first-order valence-corrected chi connectivity index (χ1v) is 52.1. The monoisotopic (exact) mass is 2070 g/mol. The highest BCUT2D eigenvalue weighted by molar-refractivity contribution is 5.88. The second kappa shape index (κ2) is 90.2. The van der Waals surface area contributed by atoms with Crippen molar-refractivity contribution in [3.05, 3.63) is 218 Å². The van der Waals surface area contributed by atoms with E-state index in [0.717, 1.165) is 145 Å². The lowest BCUT2D eigenvalue weighted by Gasteiger charge is -2.19. The third kappa shape index (κ3) is 74.9. The lowest BCUT2D eigenvalue weighted by Crippen LogP contribution is -2.30. The fourth-order valence-corrected chi connectivity index (χ4v) is 12.7. The number of esters is 8. The van der Waals surface area contributed by atoms with Crippen molar-refractivity contribution in [3.63, 3.8) is 0 Å². The normalized spacial score (nSPS) is 11.5. The Hall–Kier alpha value is -11.9. The highest BCUT2D eigenvalue weighted by Crippen LogP contribution is 2.23. The quantitative estimate of drug-likeness (QED) is 0.0148. The molecule has 0 aliphatic heterocycles. The van der Waals surface area contributed by atoms with E-state index in [1.54, 1.807) is 27.7 Å². The van der Waals surface area contributed by atoms with Crippen LogP contribution in [-0.4, -0.2) is 257 Å². The molecule has 4 atom stereocenters. The van der Waals surface area contributed by atoms with Gasteiger partial charge in [-0.1, -0.05) is 137 Å². The van der Waals surface area contributed by atoms with E-state index in [2.05, 4.69) is 26.3 Å². The fourth-order valence-electron chi connectivity index (χ4n) is 12.7. The molecule has 0 saturated heterocycles. The molecule has 0 spiro atoms. The van der Waals surface area contributed by atoms with Crippen molar-refractivity contribution >= 4 is 47.8 Å². The highest BCUT2D eigenvalue weighted by atomic mass is 16.6. The number of ether oxygens (including phenoxy) is 24. The van der Waals surface area contributed by atoms with E-state index in [1.165, 1.54) is 0 Å². The summed E-state index contributed by atoms with van der Waals surface area (Å²) in [6.45, 7) is 41.0. The molecule has 0 aliphatic rings. The van der Waals surface area contributed by atoms with E-state index in [1.807, 2.05) is 198 Å². The summed E-state index contributed by atoms with van der Waals surface area (Å²) in [5.74, 6) is 3.13. The molecule has 0 saturated carbocycles. The maximum Gasteiger partial charge on any atom is 0.333 e. The summed E-state index contributed by atoms with van der Waals surface area (Å²) in [7, 11) is 0. The van der Waals surface area contributed by atoms with E-state index in [9.17, 15) is 38.4 Å². The molecule has 6 aromatic carbocycles. The molecular weight excluding hydrogens is 1910 g/mol. The predicted octanol–water partition coefficient (Wildman–Crippen LogP) is 20.9. The molecule has 6 aromatic rings. The van der Waals surface area contributed by atoms with Crippen LogP contribution in [0, 0.1) is 0 Å². The smallest absolute Gasteiger partial charge is 0.333 e. The van der Waals surface area contributed by atoms with Gasteiger partial charge in [-0.25, -0.2) is 19.2 Å². The second-order valence-corrected chi connectivity index (χ2v) is 34.1. The van der Waals surface area contributed by atoms with Crippen LogP contribution in [0.3, 0.4) is 0 Å². The Bertz CT molecular complexity index is 4440. The van der Waals surface area contributed by atoms with Crippen molar-refractivity contribution in [2.24, 2.45) is 0 Å². The van der Waals surface area contributed by atoms with Crippen LogP contribution in [0.1, 0.15) is 209 Å². The van der Waals surface area contributed by atoms with Crippen LogP contribution in [0.2, 0.25) is 0 Å². The Morgan fingerprint density at radius 2 is 0.412 bits per heavy atom. The number of carbonyl (C=O) groups is 8. The van der Waals surface area contributed by atoms with E-state index in [4.69, 9.17) is 114 Å². The van der Waals surface area contributed by atoms with Crippen LogP contribution in [0.5, 0.6) is 46.0 Å². The average molecular weight is 2070 g/mol. The van der Waals surface area contributed by atoms with E-state index in [0.29, 0.717) is 190 Å². The predicted molar refractivity (Wildman–Crippen MR) is 565 cm³/mol. The third-order valence-corrected chi connectivity index (χ3v) is 20.5. The van der Waals surface area contributed by atoms with Gasteiger partial charge in [0.05, 0.1) is 79.3 Å². The highest BCUT2D eigenvalue weighted by Gasteiger charge is 2.22. The summed E-state index contributed by atoms with van der Waals surface area (Å²) < 4.78 is 133. The first kappa shape index (κ1) is 130. The molecule has 0 N–H and O–H groups in total. The second-order valence-electron chi connectivity index (χ2n) is 34.1. The lowest BCUT2D eigenvalue weighted by molar-refractivity contribution is -0.155. The minimum absolute atomic E-state index is 0.183. The van der Waals surface area contributed by atoms with Crippen molar-refractivity contribution in [2.75, 3.05) is 185 Å². The zero-order valence-corrected chi connectivity index (χ0v) is 89.1. The molecule has 0 fully saturated rings. The zero-order chi connectivity index (χ0) is 107. The number of benzene rings is 6. The third-order valence-electron chi connectivity index (χ3n) is 20.5. The van der Waals surface area contributed by atoms with Crippen LogP contribution in [0.4, 0.5) is 0 Å². The van der Waals surface area contributed by atoms with Crippen LogP contribution < -0.4 is 37.9 Å². The minimum atomic E-state index is -0.543. The molecule has 6 rings (SSSR count). The standard InChI is InChI=1S/C34H48O9.C32H44O9.C26H40O7.C24H36O7/c1-4-39-30-17-14-18-31(25-30)40-24-23-37-20-12-13-21-38-26-32(27-42-29-15-8-7-9-16-29)43-33(35)19-10-5-6-11-22-41-34(36)28(2)3;1-4-37-28-15-12-16-29(23-28)38-22-21-35-18-10-11-19-36-24-30(25-40-27-13-6-5-7-14-27)41-31(33)17-8-9-20-39-32(34)26(2)3;1-4-29-17-12-13-18-30-20-24(21-32-23-14-8-7-9-15-23)33-25(27)16-10-5-6-11-19-31-26(28)22(2)3;1-4-27-15-10-11-16-28-18-22(19-30-21-12-6-5-7-13-21)31-23(25)14-8-9-17-29-24(26)20(2)3/h7-9,14-18,25,32H,2,4-6,10-13,19-24,26-27H2,1,3H3;5-7,12-16,23,30H,2,4,8-11,17-22,24-25H2,1,3H3;7-9,14-15,24H,2,4-6,10-13,16-21H2,1,3H3;5-7,12-13,22H,2,4,8-11,14-19H2,1,3H3. The summed E-state index contributed by atoms with van der Waals surface area (Å²) in [6.07, 6.45) is 14.6. The van der Waals surface area contributed by atoms with Crippen molar-refractivity contribution in [2.45, 2.75) is 234 Å². The molecular formula is C116H168O32. The van der Waals surface area contributed by atoms with Crippen LogP contribution in [0.15, 0.2) is 218 Å². The van der Waals surface area contributed by atoms with Gasteiger partial charge in [0, 0.05) is 126 Å². The topological polar surface area (TPSA) is 358 Å². The van der Waals surface area contributed by atoms with Gasteiger partial charge in [-0.15, -0.1) is 0 Å². The van der Waals surface area contributed by atoms with Gasteiger partial charge in [0.1, 0.15) is 85.6 Å². The number of carbonyl (C=O) groups excluding carboxylic acids is 8. The van der Waals surface area contributed by atoms with Gasteiger partial charge in [-0.2, -0.15) is 0 Å². The number of para-hydroxylation sites is 4. The molecule has 0 heterocycles. The molecule has 824 valence electrons. The molecule has 4 unspecified atom stereocenters. The maximum absolute atomic E-state index is 12.5. The Morgan fingerprint density at radius 3 is 0.655 bits per heavy atom. The summed E-state index contributed by atoms with van der Waals surface area (Å²) >= 11 is 0. The fraction of sp³-hybridized carbons (Fsp3) is 0.552. The molecule has 0 aliphatic carbocycles. The molecule has 148 heavy (non-hydrogen) atoms. The Labute approximate surface area is 878 Å². The number of hydrogen-bond donors (Lipinski definition) is 0. The number of rotatable bonds is 86. The minimum Gasteiger partial charge on any atom is -0.494 e.